The third kappa shape index (κ3) is 3.87. The first kappa shape index (κ1) is 16.1. The lowest BCUT2D eigenvalue weighted by Crippen LogP contribution is -2.45. The quantitative estimate of drug-likeness (QED) is 0.863. The molecule has 7 heteroatoms. The highest BCUT2D eigenvalue weighted by molar-refractivity contribution is 6.35. The number of halogens is 2. The molecule has 1 fully saturated rings. The van der Waals surface area contributed by atoms with Gasteiger partial charge in [0.2, 0.25) is 0 Å². The van der Waals surface area contributed by atoms with Crippen molar-refractivity contribution in [3.63, 3.8) is 0 Å². The lowest BCUT2D eigenvalue weighted by atomic mass is 10.1. The van der Waals surface area contributed by atoms with Gasteiger partial charge >= 0.3 is 0 Å². The summed E-state index contributed by atoms with van der Waals surface area (Å²) < 4.78 is 0. The maximum Gasteiger partial charge on any atom is 0.266 e. The Kier molecular flexibility index (Phi) is 5.45. The molecule has 1 heterocycles. The number of hydrogen-bond acceptors (Lipinski definition) is 3. The fraction of sp³-hybridized carbons (Fsp3) is 0.429. The second-order valence-corrected chi connectivity index (χ2v) is 5.59. The molecular weight excluding hydrogens is 315 g/mol. The number of carbonyl (C=O) groups excluding carboxylic acids is 2. The molecule has 2 rings (SSSR count). The van der Waals surface area contributed by atoms with E-state index in [2.05, 4.69) is 5.48 Å². The predicted molar refractivity (Wildman–Crippen MR) is 80.3 cm³/mol. The molecule has 0 spiro atoms. The topological polar surface area (TPSA) is 58.6 Å². The predicted octanol–water partition coefficient (Wildman–Crippen LogP) is 2.67. The molecule has 0 radical (unpaired) electrons. The van der Waals surface area contributed by atoms with Gasteiger partial charge in [0.1, 0.15) is 6.04 Å². The average molecular weight is 331 g/mol. The number of carbonyl (C=O) groups is 2. The van der Waals surface area contributed by atoms with Gasteiger partial charge in [0.25, 0.3) is 11.8 Å². The summed E-state index contributed by atoms with van der Waals surface area (Å²) in [5.74, 6) is -0.565. The number of rotatable bonds is 4. The Balaban J connectivity index is 2.15. The van der Waals surface area contributed by atoms with Crippen molar-refractivity contribution in [3.8, 4) is 0 Å². The number of likely N-dealkylation sites (tertiary alicyclic amines) is 1. The minimum atomic E-state index is -0.526. The van der Waals surface area contributed by atoms with Gasteiger partial charge in [0.15, 0.2) is 0 Å². The van der Waals surface area contributed by atoms with Crippen molar-refractivity contribution < 1.29 is 14.4 Å². The average Bonchev–Trinajstić information content (AvgIpc) is 2.92. The molecule has 1 atom stereocenters. The summed E-state index contributed by atoms with van der Waals surface area (Å²) in [6.07, 6.45) is 1.38. The van der Waals surface area contributed by atoms with Crippen LogP contribution in [0.1, 0.15) is 30.1 Å². The van der Waals surface area contributed by atoms with Gasteiger partial charge in [-0.2, -0.15) is 0 Å². The summed E-state index contributed by atoms with van der Waals surface area (Å²) in [4.78, 5) is 31.0. The van der Waals surface area contributed by atoms with Crippen LogP contribution in [0, 0.1) is 0 Å². The van der Waals surface area contributed by atoms with E-state index < -0.39 is 6.04 Å². The first-order chi connectivity index (χ1) is 10.0. The summed E-state index contributed by atoms with van der Waals surface area (Å²) in [6.45, 7) is 2.66. The van der Waals surface area contributed by atoms with Crippen LogP contribution in [0.4, 0.5) is 0 Å². The molecule has 21 heavy (non-hydrogen) atoms. The summed E-state index contributed by atoms with van der Waals surface area (Å²) in [7, 11) is 0. The maximum atomic E-state index is 12.5. The van der Waals surface area contributed by atoms with Crippen molar-refractivity contribution in [2.45, 2.75) is 25.8 Å². The van der Waals surface area contributed by atoms with Gasteiger partial charge in [-0.25, -0.2) is 5.48 Å². The number of nitrogens with zero attached hydrogens (tertiary/aromatic N) is 1. The van der Waals surface area contributed by atoms with Crippen molar-refractivity contribution in [1.29, 1.82) is 0 Å². The van der Waals surface area contributed by atoms with Crippen molar-refractivity contribution in [2.75, 3.05) is 13.2 Å². The number of hydroxylamine groups is 1. The Labute approximate surface area is 133 Å². The third-order valence-electron chi connectivity index (χ3n) is 3.24. The van der Waals surface area contributed by atoms with Crippen LogP contribution in [0.5, 0.6) is 0 Å². The highest BCUT2D eigenvalue weighted by atomic mass is 35.5. The SMILES string of the molecule is CCONC(=O)C1CCCN1C(=O)c1cc(Cl)cc(Cl)c1. The van der Waals surface area contributed by atoms with Gasteiger partial charge in [0, 0.05) is 22.2 Å². The number of amides is 2. The normalized spacial score (nSPS) is 17.9. The van der Waals surface area contributed by atoms with Gasteiger partial charge in [-0.05, 0) is 38.0 Å². The molecule has 0 aromatic heterocycles. The van der Waals surface area contributed by atoms with Crippen LogP contribution in [-0.4, -0.2) is 35.9 Å². The van der Waals surface area contributed by atoms with E-state index in [-0.39, 0.29) is 11.8 Å². The Morgan fingerprint density at radius 3 is 2.62 bits per heavy atom. The molecule has 2 amide bonds. The second-order valence-electron chi connectivity index (χ2n) is 4.71. The zero-order valence-electron chi connectivity index (χ0n) is 11.6. The van der Waals surface area contributed by atoms with Gasteiger partial charge in [-0.1, -0.05) is 23.2 Å². The number of hydrogen-bond donors (Lipinski definition) is 1. The van der Waals surface area contributed by atoms with Crippen molar-refractivity contribution >= 4 is 35.0 Å². The summed E-state index contributed by atoms with van der Waals surface area (Å²) in [5, 5.41) is 0.778. The fourth-order valence-corrected chi connectivity index (χ4v) is 2.86. The van der Waals surface area contributed by atoms with E-state index in [4.69, 9.17) is 28.0 Å². The first-order valence-electron chi connectivity index (χ1n) is 6.71. The van der Waals surface area contributed by atoms with Crippen LogP contribution in [0.25, 0.3) is 0 Å². The highest BCUT2D eigenvalue weighted by Gasteiger charge is 2.34. The van der Waals surface area contributed by atoms with Crippen LogP contribution in [0.2, 0.25) is 10.0 Å². The molecule has 1 aromatic carbocycles. The van der Waals surface area contributed by atoms with Crippen LogP contribution in [0.15, 0.2) is 18.2 Å². The molecular formula is C14H16Cl2N2O3. The number of nitrogens with one attached hydrogen (secondary N) is 1. The molecule has 114 valence electrons. The first-order valence-corrected chi connectivity index (χ1v) is 7.47. The molecule has 0 saturated carbocycles. The summed E-state index contributed by atoms with van der Waals surface area (Å²) in [5.41, 5.74) is 2.73. The minimum absolute atomic E-state index is 0.256. The molecule has 0 aliphatic carbocycles. The van der Waals surface area contributed by atoms with Crippen LogP contribution < -0.4 is 5.48 Å². The monoisotopic (exact) mass is 330 g/mol. The summed E-state index contributed by atoms with van der Waals surface area (Å²) in [6, 6.07) is 4.13. The molecule has 1 unspecified atom stereocenters. The van der Waals surface area contributed by atoms with Gasteiger partial charge in [-0.15, -0.1) is 0 Å². The standard InChI is InChI=1S/C14H16Cl2N2O3/c1-2-21-17-13(19)12-4-3-5-18(12)14(20)9-6-10(15)8-11(16)7-9/h6-8,12H,2-5H2,1H3,(H,17,19). The molecule has 1 saturated heterocycles. The van der Waals surface area contributed by atoms with Crippen molar-refractivity contribution in [2.24, 2.45) is 0 Å². The zero-order chi connectivity index (χ0) is 15.4. The maximum absolute atomic E-state index is 12.5. The van der Waals surface area contributed by atoms with Gasteiger partial charge < -0.3 is 4.90 Å². The number of benzene rings is 1. The summed E-state index contributed by atoms with van der Waals surface area (Å²) >= 11 is 11.8. The Morgan fingerprint density at radius 1 is 1.33 bits per heavy atom. The molecule has 1 aliphatic heterocycles. The molecule has 1 N–H and O–H groups in total. The van der Waals surface area contributed by atoms with Crippen molar-refractivity contribution in [1.82, 2.24) is 10.4 Å². The second kappa shape index (κ2) is 7.11. The zero-order valence-corrected chi connectivity index (χ0v) is 13.1. The molecule has 1 aliphatic rings. The lowest BCUT2D eigenvalue weighted by molar-refractivity contribution is -0.137. The van der Waals surface area contributed by atoms with E-state index in [1.807, 2.05) is 0 Å². The van der Waals surface area contributed by atoms with E-state index in [9.17, 15) is 9.59 Å². The van der Waals surface area contributed by atoms with Crippen LogP contribution in [0.3, 0.4) is 0 Å². The Bertz CT molecular complexity index is 531. The lowest BCUT2D eigenvalue weighted by Gasteiger charge is -2.23. The van der Waals surface area contributed by atoms with E-state index in [0.29, 0.717) is 35.2 Å². The van der Waals surface area contributed by atoms with E-state index in [1.54, 1.807) is 25.1 Å². The smallest absolute Gasteiger partial charge is 0.266 e. The van der Waals surface area contributed by atoms with Gasteiger partial charge in [-0.3, -0.25) is 14.4 Å². The fourth-order valence-electron chi connectivity index (χ4n) is 2.34. The molecule has 0 bridgehead atoms. The van der Waals surface area contributed by atoms with Gasteiger partial charge in [0.05, 0.1) is 6.61 Å². The third-order valence-corrected chi connectivity index (χ3v) is 3.68. The highest BCUT2D eigenvalue weighted by Crippen LogP contribution is 2.24. The Morgan fingerprint density at radius 2 is 2.00 bits per heavy atom. The van der Waals surface area contributed by atoms with Crippen molar-refractivity contribution in [3.05, 3.63) is 33.8 Å². The largest absolute Gasteiger partial charge is 0.327 e. The molecule has 1 aromatic rings. The van der Waals surface area contributed by atoms with E-state index >= 15 is 0 Å². The van der Waals surface area contributed by atoms with Crippen LogP contribution in [-0.2, 0) is 9.63 Å². The molecule has 5 nitrogen and oxygen atoms in total. The Hall–Kier alpha value is -1.30. The van der Waals surface area contributed by atoms with E-state index in [0.717, 1.165) is 6.42 Å². The minimum Gasteiger partial charge on any atom is -0.327 e. The van der Waals surface area contributed by atoms with E-state index in [1.165, 1.54) is 4.90 Å². The van der Waals surface area contributed by atoms with Crippen LogP contribution >= 0.6 is 23.2 Å².